The molecule has 11 heteroatoms. The fourth-order valence-electron chi connectivity index (χ4n) is 4.43. The van der Waals surface area contributed by atoms with Crippen LogP contribution in [0.4, 0.5) is 8.78 Å². The van der Waals surface area contributed by atoms with Crippen molar-refractivity contribution in [3.05, 3.63) is 99.7 Å². The van der Waals surface area contributed by atoms with Crippen LogP contribution in [0.25, 0.3) is 11.3 Å². The highest BCUT2D eigenvalue weighted by Gasteiger charge is 2.31. The molecule has 39 heavy (non-hydrogen) atoms. The van der Waals surface area contributed by atoms with Crippen molar-refractivity contribution in [1.29, 1.82) is 0 Å². The molecule has 1 amide bonds. The second-order valence-corrected chi connectivity index (χ2v) is 9.28. The predicted octanol–water partition coefficient (Wildman–Crippen LogP) is 5.33. The Morgan fingerprint density at radius 1 is 1.13 bits per heavy atom. The van der Waals surface area contributed by atoms with Crippen molar-refractivity contribution >= 4 is 23.5 Å². The topological polar surface area (TPSA) is 93.9 Å². The van der Waals surface area contributed by atoms with Gasteiger partial charge in [0.1, 0.15) is 24.8 Å². The smallest absolute Gasteiger partial charge is 0.335 e. The first-order valence-corrected chi connectivity index (χ1v) is 12.3. The summed E-state index contributed by atoms with van der Waals surface area (Å²) in [6.07, 6.45) is 0. The number of aromatic carboxylic acids is 1. The summed E-state index contributed by atoms with van der Waals surface area (Å²) in [6.45, 7) is -0.177. The monoisotopic (exact) mass is 553 g/mol. The van der Waals surface area contributed by atoms with Gasteiger partial charge in [0.2, 0.25) is 0 Å². The van der Waals surface area contributed by atoms with E-state index in [2.05, 4.69) is 5.10 Å². The van der Waals surface area contributed by atoms with Crippen LogP contribution < -0.4 is 9.47 Å². The van der Waals surface area contributed by atoms with Crippen molar-refractivity contribution in [3.8, 4) is 22.8 Å². The largest absolute Gasteiger partial charge is 0.489 e. The molecule has 1 N–H and O–H groups in total. The number of fused-ring (bicyclic) bond motifs is 3. The van der Waals surface area contributed by atoms with Gasteiger partial charge in [0, 0.05) is 35.3 Å². The van der Waals surface area contributed by atoms with Gasteiger partial charge in [0.25, 0.3) is 5.91 Å². The van der Waals surface area contributed by atoms with Crippen LogP contribution in [0.5, 0.6) is 11.5 Å². The number of amides is 1. The Hall–Kier alpha value is -4.44. The molecule has 0 radical (unpaired) electrons. The Kier molecular flexibility index (Phi) is 7.21. The molecule has 0 saturated carbocycles. The van der Waals surface area contributed by atoms with Crippen LogP contribution in [0.2, 0.25) is 5.02 Å². The van der Waals surface area contributed by atoms with Crippen molar-refractivity contribution < 1.29 is 33.0 Å². The number of rotatable bonds is 8. The van der Waals surface area contributed by atoms with E-state index in [-0.39, 0.29) is 48.9 Å². The maximum atomic E-state index is 14.5. The first-order chi connectivity index (χ1) is 18.7. The van der Waals surface area contributed by atoms with Crippen LogP contribution >= 0.6 is 11.6 Å². The standard InChI is InChI=1S/C28H22ClF2N3O5/c1-33-26-19-13-18(29)7-9-23(19)39-15-20(26)25(32-33)27(35)34(14-17-4-2-3-5-21(17)30)10-11-38-24-8-6-16(28(36)37)12-22(24)31/h2-9,12-13H,10-11,14-15H2,1H3,(H,36,37). The average Bonchev–Trinajstić information content (AvgIpc) is 3.26. The van der Waals surface area contributed by atoms with E-state index >= 15 is 0 Å². The molecule has 0 spiro atoms. The summed E-state index contributed by atoms with van der Waals surface area (Å²) in [4.78, 5) is 26.2. The number of hydrogen-bond acceptors (Lipinski definition) is 5. The van der Waals surface area contributed by atoms with Crippen LogP contribution in [0.1, 0.15) is 32.0 Å². The van der Waals surface area contributed by atoms with E-state index in [1.54, 1.807) is 48.1 Å². The first-order valence-electron chi connectivity index (χ1n) is 11.9. The van der Waals surface area contributed by atoms with E-state index in [0.717, 1.165) is 6.07 Å². The third-order valence-electron chi connectivity index (χ3n) is 6.32. The zero-order valence-corrected chi connectivity index (χ0v) is 21.4. The number of halogens is 3. The Balaban J connectivity index is 1.43. The van der Waals surface area contributed by atoms with Crippen LogP contribution in [0.15, 0.2) is 60.7 Å². The molecular formula is C28H22ClF2N3O5. The number of aryl methyl sites for hydroxylation is 1. The molecule has 0 saturated heterocycles. The number of carboxylic acid groups (broad SMARTS) is 1. The number of carbonyl (C=O) groups excluding carboxylic acids is 1. The van der Waals surface area contributed by atoms with E-state index in [0.29, 0.717) is 27.6 Å². The number of benzene rings is 3. The molecule has 0 unspecified atom stereocenters. The molecule has 200 valence electrons. The summed E-state index contributed by atoms with van der Waals surface area (Å²) in [5, 5.41) is 14.0. The van der Waals surface area contributed by atoms with Gasteiger partial charge in [-0.2, -0.15) is 5.10 Å². The normalized spacial score (nSPS) is 11.8. The van der Waals surface area contributed by atoms with E-state index in [9.17, 15) is 18.4 Å². The summed E-state index contributed by atoms with van der Waals surface area (Å²) in [5.74, 6) is -2.65. The zero-order valence-electron chi connectivity index (χ0n) is 20.7. The van der Waals surface area contributed by atoms with Crippen LogP contribution in [-0.4, -0.2) is 44.8 Å². The summed E-state index contributed by atoms with van der Waals surface area (Å²) in [7, 11) is 1.71. The molecule has 1 aliphatic heterocycles. The predicted molar refractivity (Wildman–Crippen MR) is 138 cm³/mol. The number of hydrogen-bond donors (Lipinski definition) is 1. The molecule has 3 aromatic carbocycles. The molecule has 2 heterocycles. The number of carboxylic acids is 1. The Labute approximate surface area is 226 Å². The minimum atomic E-state index is -1.27. The number of carbonyl (C=O) groups is 2. The van der Waals surface area contributed by atoms with Gasteiger partial charge in [-0.05, 0) is 42.5 Å². The fourth-order valence-corrected chi connectivity index (χ4v) is 4.60. The number of nitrogens with zero attached hydrogens (tertiary/aromatic N) is 3. The minimum absolute atomic E-state index is 0.0398. The molecule has 0 aliphatic carbocycles. The van der Waals surface area contributed by atoms with E-state index in [1.807, 2.05) is 0 Å². The maximum absolute atomic E-state index is 14.5. The highest BCUT2D eigenvalue weighted by atomic mass is 35.5. The molecule has 5 rings (SSSR count). The van der Waals surface area contributed by atoms with E-state index in [4.69, 9.17) is 26.2 Å². The molecule has 0 fully saturated rings. The number of ether oxygens (including phenoxy) is 2. The zero-order chi connectivity index (χ0) is 27.7. The minimum Gasteiger partial charge on any atom is -0.489 e. The maximum Gasteiger partial charge on any atom is 0.335 e. The molecular weight excluding hydrogens is 532 g/mol. The van der Waals surface area contributed by atoms with Gasteiger partial charge in [-0.3, -0.25) is 9.48 Å². The molecule has 0 atom stereocenters. The van der Waals surface area contributed by atoms with Crippen LogP contribution in [-0.2, 0) is 20.2 Å². The molecule has 0 bridgehead atoms. The van der Waals surface area contributed by atoms with Gasteiger partial charge in [-0.1, -0.05) is 29.8 Å². The highest BCUT2D eigenvalue weighted by molar-refractivity contribution is 6.31. The third kappa shape index (κ3) is 5.28. The van der Waals surface area contributed by atoms with E-state index < -0.39 is 23.5 Å². The Morgan fingerprint density at radius 3 is 2.67 bits per heavy atom. The van der Waals surface area contributed by atoms with Gasteiger partial charge >= 0.3 is 5.97 Å². The van der Waals surface area contributed by atoms with Crippen LogP contribution in [0.3, 0.4) is 0 Å². The lowest BCUT2D eigenvalue weighted by atomic mass is 10.0. The number of aromatic nitrogens is 2. The van der Waals surface area contributed by atoms with Crippen LogP contribution in [0, 0.1) is 11.6 Å². The summed E-state index contributed by atoms with van der Waals surface area (Å²) in [6, 6.07) is 14.5. The third-order valence-corrected chi connectivity index (χ3v) is 6.56. The lowest BCUT2D eigenvalue weighted by Crippen LogP contribution is -2.35. The fraction of sp³-hybridized carbons (Fsp3) is 0.179. The van der Waals surface area contributed by atoms with Gasteiger partial charge in [0.15, 0.2) is 17.3 Å². The molecule has 4 aromatic rings. The second-order valence-electron chi connectivity index (χ2n) is 8.85. The van der Waals surface area contributed by atoms with Crippen molar-refractivity contribution in [2.75, 3.05) is 13.2 Å². The summed E-state index contributed by atoms with van der Waals surface area (Å²) >= 11 is 6.20. The summed E-state index contributed by atoms with van der Waals surface area (Å²) in [5.41, 5.74) is 2.13. The SMILES string of the molecule is Cn1nc(C(=O)N(CCOc2ccc(C(=O)O)cc2F)Cc2ccccc2F)c2c1-c1cc(Cl)ccc1OC2. The lowest BCUT2D eigenvalue weighted by molar-refractivity contribution is 0.0688. The molecule has 1 aromatic heterocycles. The van der Waals surface area contributed by atoms with Crippen molar-refractivity contribution in [2.45, 2.75) is 13.2 Å². The lowest BCUT2D eigenvalue weighted by Gasteiger charge is -2.24. The van der Waals surface area contributed by atoms with Gasteiger partial charge in [-0.25, -0.2) is 13.6 Å². The molecule has 8 nitrogen and oxygen atoms in total. The first kappa shape index (κ1) is 26.2. The van der Waals surface area contributed by atoms with Gasteiger partial charge in [-0.15, -0.1) is 0 Å². The molecule has 1 aliphatic rings. The average molecular weight is 554 g/mol. The van der Waals surface area contributed by atoms with Gasteiger partial charge < -0.3 is 19.5 Å². The highest BCUT2D eigenvalue weighted by Crippen LogP contribution is 2.40. The second kappa shape index (κ2) is 10.7. The van der Waals surface area contributed by atoms with E-state index in [1.165, 1.54) is 23.1 Å². The quantitative estimate of drug-likeness (QED) is 0.317. The summed E-state index contributed by atoms with van der Waals surface area (Å²) < 4.78 is 41.8. The van der Waals surface area contributed by atoms with Crippen molar-refractivity contribution in [2.24, 2.45) is 7.05 Å². The van der Waals surface area contributed by atoms with Gasteiger partial charge in [0.05, 0.1) is 17.8 Å². The Bertz CT molecular complexity index is 1590. The Morgan fingerprint density at radius 2 is 1.92 bits per heavy atom. The van der Waals surface area contributed by atoms with Crippen molar-refractivity contribution in [1.82, 2.24) is 14.7 Å². The van der Waals surface area contributed by atoms with Crippen molar-refractivity contribution in [3.63, 3.8) is 0 Å².